The van der Waals surface area contributed by atoms with Crippen molar-refractivity contribution in [1.82, 2.24) is 4.57 Å². The zero-order chi connectivity index (χ0) is 30.2. The normalized spacial score (nSPS) is 12.3. The van der Waals surface area contributed by atoms with E-state index in [4.69, 9.17) is 0 Å². The fourth-order valence-corrected chi connectivity index (χ4v) is 8.63. The largest absolute Gasteiger partial charge is 0.309 e. The first-order chi connectivity index (χ1) is 22.8. The molecule has 2 heteroatoms. The molecule has 0 N–H and O–H groups in total. The highest BCUT2D eigenvalue weighted by molar-refractivity contribution is 7.99. The van der Waals surface area contributed by atoms with E-state index in [2.05, 4.69) is 168 Å². The van der Waals surface area contributed by atoms with E-state index in [0.717, 1.165) is 0 Å². The average molecular weight is 602 g/mol. The SMILES string of the molecule is c1ccc(-n2c3ccc(-c4cccc(-c5ccc6c7c(cccc57)-c5ccccc5S6)c4)cc3c3ccc4ccccc4c32)cc1. The van der Waals surface area contributed by atoms with Crippen LogP contribution in [0.1, 0.15) is 0 Å². The van der Waals surface area contributed by atoms with E-state index in [-0.39, 0.29) is 0 Å². The molecule has 0 saturated heterocycles. The minimum absolute atomic E-state index is 1.18. The van der Waals surface area contributed by atoms with Crippen molar-refractivity contribution >= 4 is 55.1 Å². The minimum Gasteiger partial charge on any atom is -0.309 e. The maximum Gasteiger partial charge on any atom is 0.0619 e. The third kappa shape index (κ3) is 3.77. The third-order valence-electron chi connectivity index (χ3n) is 9.57. The molecular weight excluding hydrogens is 575 g/mol. The predicted octanol–water partition coefficient (Wildman–Crippen LogP) is 12.6. The summed E-state index contributed by atoms with van der Waals surface area (Å²) < 4.78 is 2.43. The molecule has 0 spiro atoms. The van der Waals surface area contributed by atoms with Crippen molar-refractivity contribution in [2.75, 3.05) is 0 Å². The van der Waals surface area contributed by atoms with Crippen LogP contribution in [0.15, 0.2) is 174 Å². The molecule has 10 rings (SSSR count). The van der Waals surface area contributed by atoms with Crippen molar-refractivity contribution in [3.05, 3.63) is 164 Å². The molecule has 214 valence electrons. The Bertz CT molecular complexity index is 2660. The fraction of sp³-hybridized carbons (Fsp3) is 0. The molecule has 0 amide bonds. The van der Waals surface area contributed by atoms with Crippen LogP contribution in [0, 0.1) is 0 Å². The molecule has 0 atom stereocenters. The van der Waals surface area contributed by atoms with Crippen LogP contribution in [-0.2, 0) is 0 Å². The monoisotopic (exact) mass is 601 g/mol. The summed E-state index contributed by atoms with van der Waals surface area (Å²) in [4.78, 5) is 2.66. The van der Waals surface area contributed by atoms with Crippen LogP contribution in [0.5, 0.6) is 0 Å². The number of benzene rings is 8. The zero-order valence-corrected chi connectivity index (χ0v) is 25.8. The van der Waals surface area contributed by atoms with Crippen molar-refractivity contribution in [2.24, 2.45) is 0 Å². The summed E-state index contributed by atoms with van der Waals surface area (Å²) in [6, 6.07) is 60.2. The molecule has 46 heavy (non-hydrogen) atoms. The number of fused-ring (bicyclic) bond motifs is 7. The second kappa shape index (κ2) is 9.97. The van der Waals surface area contributed by atoms with Crippen LogP contribution >= 0.6 is 11.8 Å². The van der Waals surface area contributed by atoms with Gasteiger partial charge < -0.3 is 4.57 Å². The van der Waals surface area contributed by atoms with Crippen LogP contribution < -0.4 is 0 Å². The highest BCUT2D eigenvalue weighted by Gasteiger charge is 2.21. The van der Waals surface area contributed by atoms with Gasteiger partial charge in [-0.1, -0.05) is 133 Å². The van der Waals surface area contributed by atoms with Crippen molar-refractivity contribution in [3.8, 4) is 39.1 Å². The highest BCUT2D eigenvalue weighted by atomic mass is 32.2. The lowest BCUT2D eigenvalue weighted by molar-refractivity contribution is 1.19. The lowest BCUT2D eigenvalue weighted by atomic mass is 9.91. The second-order valence-electron chi connectivity index (χ2n) is 12.1. The Morgan fingerprint density at radius 1 is 0.391 bits per heavy atom. The molecule has 1 nitrogen and oxygen atoms in total. The Balaban J connectivity index is 1.16. The van der Waals surface area contributed by atoms with Gasteiger partial charge in [-0.05, 0) is 86.6 Å². The van der Waals surface area contributed by atoms with Crippen LogP contribution in [0.25, 0.3) is 82.4 Å². The van der Waals surface area contributed by atoms with E-state index < -0.39 is 0 Å². The smallest absolute Gasteiger partial charge is 0.0619 e. The summed E-state index contributed by atoms with van der Waals surface area (Å²) in [5, 5.41) is 7.73. The van der Waals surface area contributed by atoms with Gasteiger partial charge in [-0.15, -0.1) is 0 Å². The van der Waals surface area contributed by atoms with Gasteiger partial charge in [0, 0.05) is 37.0 Å². The lowest BCUT2D eigenvalue weighted by Crippen LogP contribution is -1.94. The summed E-state index contributed by atoms with van der Waals surface area (Å²) in [7, 11) is 0. The van der Waals surface area contributed by atoms with Gasteiger partial charge in [0.15, 0.2) is 0 Å². The Labute approximate surface area is 271 Å². The van der Waals surface area contributed by atoms with Crippen molar-refractivity contribution in [1.29, 1.82) is 0 Å². The molecule has 8 aromatic carbocycles. The number of nitrogens with zero attached hydrogens (tertiary/aromatic N) is 1. The minimum atomic E-state index is 1.18. The van der Waals surface area contributed by atoms with E-state index in [1.165, 1.54) is 92.2 Å². The van der Waals surface area contributed by atoms with Crippen LogP contribution in [0.2, 0.25) is 0 Å². The molecule has 1 aliphatic rings. The first kappa shape index (κ1) is 25.7. The third-order valence-corrected chi connectivity index (χ3v) is 10.7. The van der Waals surface area contributed by atoms with Crippen molar-refractivity contribution in [3.63, 3.8) is 0 Å². The number of hydrogen-bond acceptors (Lipinski definition) is 1. The first-order valence-electron chi connectivity index (χ1n) is 15.8. The van der Waals surface area contributed by atoms with Crippen LogP contribution in [-0.4, -0.2) is 4.57 Å². The van der Waals surface area contributed by atoms with Gasteiger partial charge in [-0.2, -0.15) is 0 Å². The van der Waals surface area contributed by atoms with Crippen LogP contribution in [0.4, 0.5) is 0 Å². The standard InChI is InChI=1S/C44H27NS/c1-2-13-32(14-3-1)45-40-24-21-30(27-39(40)38-22-20-28-10-4-5-15-34(28)44(38)45)29-11-8-12-31(26-29)33-23-25-42-43-36(33)17-9-18-37(43)35-16-6-7-19-41(35)46-42/h1-27H. The molecule has 9 aromatic rings. The van der Waals surface area contributed by atoms with Crippen molar-refractivity contribution < 1.29 is 0 Å². The van der Waals surface area contributed by atoms with E-state index in [1.54, 1.807) is 0 Å². The number of hydrogen-bond donors (Lipinski definition) is 0. The van der Waals surface area contributed by atoms with Gasteiger partial charge >= 0.3 is 0 Å². The maximum atomic E-state index is 2.43. The molecule has 2 heterocycles. The highest BCUT2D eigenvalue weighted by Crippen LogP contribution is 2.49. The number of aromatic nitrogens is 1. The Kier molecular flexibility index (Phi) is 5.58. The zero-order valence-electron chi connectivity index (χ0n) is 24.9. The fourth-order valence-electron chi connectivity index (χ4n) is 7.50. The quantitative estimate of drug-likeness (QED) is 0.195. The van der Waals surface area contributed by atoms with Gasteiger partial charge in [0.05, 0.1) is 11.0 Å². The Morgan fingerprint density at radius 2 is 1.15 bits per heavy atom. The van der Waals surface area contributed by atoms with Gasteiger partial charge in [0.2, 0.25) is 0 Å². The molecule has 0 fully saturated rings. The van der Waals surface area contributed by atoms with Crippen LogP contribution in [0.3, 0.4) is 0 Å². The second-order valence-corrected chi connectivity index (χ2v) is 13.2. The van der Waals surface area contributed by atoms with Gasteiger partial charge in [0.1, 0.15) is 0 Å². The first-order valence-corrected chi connectivity index (χ1v) is 16.6. The molecule has 0 radical (unpaired) electrons. The molecule has 0 unspecified atom stereocenters. The summed E-state index contributed by atoms with van der Waals surface area (Å²) in [5.41, 5.74) is 11.3. The van der Waals surface area contributed by atoms with Crippen molar-refractivity contribution in [2.45, 2.75) is 9.79 Å². The predicted molar refractivity (Wildman–Crippen MR) is 196 cm³/mol. The maximum absolute atomic E-state index is 2.43. The Morgan fingerprint density at radius 3 is 2.11 bits per heavy atom. The lowest BCUT2D eigenvalue weighted by Gasteiger charge is -2.21. The van der Waals surface area contributed by atoms with E-state index in [0.29, 0.717) is 0 Å². The number of para-hydroxylation sites is 1. The Hall–Kier alpha value is -5.57. The molecule has 1 aliphatic heterocycles. The molecular formula is C44H27NS. The van der Waals surface area contributed by atoms with E-state index >= 15 is 0 Å². The van der Waals surface area contributed by atoms with E-state index in [9.17, 15) is 0 Å². The van der Waals surface area contributed by atoms with E-state index in [1.807, 2.05) is 11.8 Å². The summed E-state index contributed by atoms with van der Waals surface area (Å²) >= 11 is 1.88. The molecule has 0 aliphatic carbocycles. The topological polar surface area (TPSA) is 4.93 Å². The van der Waals surface area contributed by atoms with Gasteiger partial charge in [0.25, 0.3) is 0 Å². The summed E-state index contributed by atoms with van der Waals surface area (Å²) in [5.74, 6) is 0. The summed E-state index contributed by atoms with van der Waals surface area (Å²) in [6.45, 7) is 0. The molecule has 1 aromatic heterocycles. The summed E-state index contributed by atoms with van der Waals surface area (Å²) in [6.07, 6.45) is 0. The number of rotatable bonds is 3. The average Bonchev–Trinajstić information content (AvgIpc) is 3.46. The van der Waals surface area contributed by atoms with Gasteiger partial charge in [-0.25, -0.2) is 0 Å². The van der Waals surface area contributed by atoms with Gasteiger partial charge in [-0.3, -0.25) is 0 Å². The molecule has 0 saturated carbocycles. The molecule has 0 bridgehead atoms.